The first-order valence-electron chi connectivity index (χ1n) is 10.1. The maximum atomic E-state index is 2.47. The van der Waals surface area contributed by atoms with Crippen LogP contribution in [0, 0.1) is 0 Å². The van der Waals surface area contributed by atoms with Crippen LogP contribution in [-0.4, -0.2) is 17.0 Å². The van der Waals surface area contributed by atoms with Crippen LogP contribution in [0.5, 0.6) is 0 Å². The summed E-state index contributed by atoms with van der Waals surface area (Å²) in [7, 11) is 0.334. The van der Waals surface area contributed by atoms with E-state index in [0.29, 0.717) is 7.92 Å². The van der Waals surface area contributed by atoms with E-state index in [1.807, 2.05) is 13.8 Å². The molecule has 0 aromatic carbocycles. The molecule has 1 atom stereocenters. The largest absolute Gasteiger partial charge is 0.0972 e. The third kappa shape index (κ3) is 6.21. The fourth-order valence-corrected chi connectivity index (χ4v) is 9.24. The summed E-state index contributed by atoms with van der Waals surface area (Å²) in [6.07, 6.45) is 20.0. The van der Waals surface area contributed by atoms with E-state index in [0.717, 1.165) is 17.0 Å². The van der Waals surface area contributed by atoms with Crippen LogP contribution in [0.4, 0.5) is 0 Å². The Bertz CT molecular complexity index is 202. The summed E-state index contributed by atoms with van der Waals surface area (Å²) in [5, 5.41) is 0. The maximum absolute atomic E-state index is 2.47. The summed E-state index contributed by atoms with van der Waals surface area (Å²) in [5.74, 6) is 0. The normalized spacial score (nSPS) is 22.7. The molecule has 0 amide bonds. The maximum Gasteiger partial charge on any atom is -0.0204 e. The Labute approximate surface area is 136 Å². The van der Waals surface area contributed by atoms with E-state index < -0.39 is 0 Å². The Balaban J connectivity index is 0.00000106. The van der Waals surface area contributed by atoms with Gasteiger partial charge in [-0.1, -0.05) is 80.6 Å². The van der Waals surface area contributed by atoms with Crippen molar-refractivity contribution in [2.24, 2.45) is 0 Å². The Morgan fingerprint density at radius 2 is 1.19 bits per heavy atom. The fourth-order valence-electron chi connectivity index (χ4n) is 4.55. The number of hydrogen-bond acceptors (Lipinski definition) is 0. The topological polar surface area (TPSA) is 0 Å². The number of rotatable bonds is 6. The zero-order chi connectivity index (χ0) is 15.5. The molecule has 0 N–H and O–H groups in total. The molecule has 1 unspecified atom stereocenters. The van der Waals surface area contributed by atoms with Crippen molar-refractivity contribution in [1.82, 2.24) is 0 Å². The van der Waals surface area contributed by atoms with Crippen LogP contribution in [0.3, 0.4) is 0 Å². The van der Waals surface area contributed by atoms with Gasteiger partial charge in [0.1, 0.15) is 0 Å². The lowest BCUT2D eigenvalue weighted by Gasteiger charge is -2.43. The second-order valence-electron chi connectivity index (χ2n) is 6.88. The Morgan fingerprint density at radius 1 is 0.762 bits per heavy atom. The standard InChI is InChI=1S/C18H35P.C2H6/c1-3-11-16(4-2)19(17-12-7-5-8-13-17)18-14-9-6-10-15-18;1-2/h16-18H,3-15H2,1-2H3;1-2H3. The van der Waals surface area contributed by atoms with E-state index in [1.54, 1.807) is 51.4 Å². The zero-order valence-corrected chi connectivity index (χ0v) is 16.3. The van der Waals surface area contributed by atoms with Gasteiger partial charge in [-0.25, -0.2) is 0 Å². The van der Waals surface area contributed by atoms with Crippen molar-refractivity contribution in [2.75, 3.05) is 0 Å². The van der Waals surface area contributed by atoms with Crippen LogP contribution in [0.15, 0.2) is 0 Å². The summed E-state index contributed by atoms with van der Waals surface area (Å²) >= 11 is 0. The highest BCUT2D eigenvalue weighted by atomic mass is 31.1. The second kappa shape index (κ2) is 11.9. The van der Waals surface area contributed by atoms with Gasteiger partial charge in [0.25, 0.3) is 0 Å². The summed E-state index contributed by atoms with van der Waals surface area (Å²) in [5.41, 5.74) is 3.41. The fraction of sp³-hybridized carbons (Fsp3) is 1.00. The molecule has 2 rings (SSSR count). The lowest BCUT2D eigenvalue weighted by atomic mass is 9.99. The molecule has 0 radical (unpaired) electrons. The molecule has 0 aromatic heterocycles. The zero-order valence-electron chi connectivity index (χ0n) is 15.4. The first kappa shape index (κ1) is 19.5. The van der Waals surface area contributed by atoms with E-state index in [-0.39, 0.29) is 0 Å². The molecule has 0 heterocycles. The number of hydrogen-bond donors (Lipinski definition) is 0. The average molecular weight is 313 g/mol. The highest BCUT2D eigenvalue weighted by Crippen LogP contribution is 2.60. The van der Waals surface area contributed by atoms with E-state index in [1.165, 1.54) is 32.1 Å². The Morgan fingerprint density at radius 3 is 1.52 bits per heavy atom. The van der Waals surface area contributed by atoms with Crippen molar-refractivity contribution >= 4 is 7.92 Å². The quantitative estimate of drug-likeness (QED) is 0.440. The molecule has 2 aliphatic rings. The monoisotopic (exact) mass is 312 g/mol. The van der Waals surface area contributed by atoms with Gasteiger partial charge in [0, 0.05) is 0 Å². The Kier molecular flexibility index (Phi) is 11.1. The first-order valence-corrected chi connectivity index (χ1v) is 11.7. The average Bonchev–Trinajstić information content (AvgIpc) is 2.58. The molecule has 0 spiro atoms. The van der Waals surface area contributed by atoms with Crippen LogP contribution >= 0.6 is 7.92 Å². The van der Waals surface area contributed by atoms with Crippen molar-refractivity contribution in [3.05, 3.63) is 0 Å². The van der Waals surface area contributed by atoms with Crippen LogP contribution in [-0.2, 0) is 0 Å². The van der Waals surface area contributed by atoms with Crippen molar-refractivity contribution in [3.63, 3.8) is 0 Å². The molecule has 0 nitrogen and oxygen atoms in total. The van der Waals surface area contributed by atoms with Crippen LogP contribution in [0.1, 0.15) is 111 Å². The van der Waals surface area contributed by atoms with E-state index in [2.05, 4.69) is 13.8 Å². The minimum absolute atomic E-state index is 0.334. The van der Waals surface area contributed by atoms with E-state index >= 15 is 0 Å². The van der Waals surface area contributed by atoms with Crippen molar-refractivity contribution in [1.29, 1.82) is 0 Å². The molecule has 1 heteroatoms. The van der Waals surface area contributed by atoms with Gasteiger partial charge in [0.2, 0.25) is 0 Å². The van der Waals surface area contributed by atoms with Crippen LogP contribution in [0.25, 0.3) is 0 Å². The molecule has 0 bridgehead atoms. The molecule has 126 valence electrons. The van der Waals surface area contributed by atoms with Gasteiger partial charge in [-0.15, -0.1) is 0 Å². The SMILES string of the molecule is CC.CCCC(CC)P(C1CCCCC1)C1CCCCC1. The highest BCUT2D eigenvalue weighted by molar-refractivity contribution is 7.59. The highest BCUT2D eigenvalue weighted by Gasteiger charge is 2.34. The molecular formula is C20H41P. The van der Waals surface area contributed by atoms with Crippen LogP contribution in [0.2, 0.25) is 0 Å². The summed E-state index contributed by atoms with van der Waals surface area (Å²) in [6.45, 7) is 8.87. The van der Waals surface area contributed by atoms with Gasteiger partial charge in [-0.3, -0.25) is 0 Å². The molecule has 0 saturated heterocycles. The van der Waals surface area contributed by atoms with Gasteiger partial charge in [-0.2, -0.15) is 0 Å². The molecular weight excluding hydrogens is 271 g/mol. The van der Waals surface area contributed by atoms with Crippen LogP contribution < -0.4 is 0 Å². The second-order valence-corrected chi connectivity index (χ2v) is 9.97. The van der Waals surface area contributed by atoms with E-state index in [4.69, 9.17) is 0 Å². The minimum Gasteiger partial charge on any atom is -0.0972 e. The van der Waals surface area contributed by atoms with Gasteiger partial charge >= 0.3 is 0 Å². The predicted molar refractivity (Wildman–Crippen MR) is 101 cm³/mol. The summed E-state index contributed by atoms with van der Waals surface area (Å²) in [6, 6.07) is 0. The third-order valence-corrected chi connectivity index (χ3v) is 9.69. The van der Waals surface area contributed by atoms with E-state index in [9.17, 15) is 0 Å². The van der Waals surface area contributed by atoms with Gasteiger partial charge < -0.3 is 0 Å². The van der Waals surface area contributed by atoms with Crippen molar-refractivity contribution in [2.45, 2.75) is 128 Å². The van der Waals surface area contributed by atoms with Crippen molar-refractivity contribution in [3.8, 4) is 0 Å². The Hall–Kier alpha value is 0.430. The van der Waals surface area contributed by atoms with Gasteiger partial charge in [0.15, 0.2) is 0 Å². The summed E-state index contributed by atoms with van der Waals surface area (Å²) < 4.78 is 0. The minimum atomic E-state index is 0.334. The molecule has 0 aromatic rings. The van der Waals surface area contributed by atoms with Gasteiger partial charge in [0.05, 0.1) is 0 Å². The smallest absolute Gasteiger partial charge is 0.0204 e. The lowest BCUT2D eigenvalue weighted by molar-refractivity contribution is 0.477. The molecule has 2 fully saturated rings. The molecule has 2 aliphatic carbocycles. The first-order chi connectivity index (χ1) is 10.4. The van der Waals surface area contributed by atoms with Gasteiger partial charge in [-0.05, 0) is 55.5 Å². The molecule has 2 saturated carbocycles. The predicted octanol–water partition coefficient (Wildman–Crippen LogP) is 7.74. The lowest BCUT2D eigenvalue weighted by Crippen LogP contribution is -2.26. The molecule has 0 aliphatic heterocycles. The summed E-state index contributed by atoms with van der Waals surface area (Å²) in [4.78, 5) is 0. The molecule has 21 heavy (non-hydrogen) atoms. The van der Waals surface area contributed by atoms with Crippen molar-refractivity contribution < 1.29 is 0 Å². The third-order valence-electron chi connectivity index (χ3n) is 5.51.